The number of hydrogen-bond acceptors (Lipinski definition) is 4. The van der Waals surface area contributed by atoms with Gasteiger partial charge in [0.25, 0.3) is 10.0 Å². The number of likely N-dealkylation sites (N-methyl/N-ethyl adjacent to an activating group) is 1. The predicted octanol–water partition coefficient (Wildman–Crippen LogP) is 6.09. The van der Waals surface area contributed by atoms with Gasteiger partial charge in [-0.2, -0.15) is 0 Å². The highest BCUT2D eigenvalue weighted by molar-refractivity contribution is 7.92. The minimum absolute atomic E-state index is 0.0130. The number of benzene rings is 3. The third-order valence-electron chi connectivity index (χ3n) is 6.19. The van der Waals surface area contributed by atoms with Gasteiger partial charge < -0.3 is 10.2 Å². The van der Waals surface area contributed by atoms with Crippen LogP contribution in [0.3, 0.4) is 0 Å². The van der Waals surface area contributed by atoms with Crippen LogP contribution < -0.4 is 9.62 Å². The molecule has 0 aliphatic heterocycles. The van der Waals surface area contributed by atoms with Gasteiger partial charge >= 0.3 is 0 Å². The van der Waals surface area contributed by atoms with Crippen molar-refractivity contribution in [2.24, 2.45) is 0 Å². The Bertz CT molecular complexity index is 1440. The van der Waals surface area contributed by atoms with E-state index in [0.717, 1.165) is 4.31 Å². The molecule has 1 N–H and O–H groups in total. The van der Waals surface area contributed by atoms with E-state index in [0.29, 0.717) is 39.2 Å². The molecule has 3 aromatic rings. The van der Waals surface area contributed by atoms with Gasteiger partial charge in [-0.05, 0) is 67.8 Å². The van der Waals surface area contributed by atoms with Gasteiger partial charge in [0.15, 0.2) is 0 Å². The maximum absolute atomic E-state index is 14.0. The zero-order valence-electron chi connectivity index (χ0n) is 21.8. The first-order chi connectivity index (χ1) is 18.5. The van der Waals surface area contributed by atoms with Gasteiger partial charge in [0.05, 0.1) is 20.6 Å². The van der Waals surface area contributed by atoms with Gasteiger partial charge in [-0.15, -0.1) is 0 Å². The van der Waals surface area contributed by atoms with Crippen molar-refractivity contribution in [2.75, 3.05) is 17.4 Å². The highest BCUT2D eigenvalue weighted by Gasteiger charge is 2.34. The molecule has 0 heterocycles. The highest BCUT2D eigenvalue weighted by atomic mass is 35.5. The summed E-state index contributed by atoms with van der Waals surface area (Å²) in [6, 6.07) is 16.8. The number of anilines is 1. The summed E-state index contributed by atoms with van der Waals surface area (Å²) < 4.78 is 28.8. The second kappa shape index (κ2) is 13.5. The van der Waals surface area contributed by atoms with Crippen LogP contribution in [-0.4, -0.2) is 44.3 Å². The number of nitrogens with zero attached hydrogens (tertiary/aromatic N) is 2. The second-order valence-electron chi connectivity index (χ2n) is 8.80. The van der Waals surface area contributed by atoms with E-state index < -0.39 is 28.5 Å². The second-order valence-corrected chi connectivity index (χ2v) is 11.9. The Kier molecular flexibility index (Phi) is 10.7. The van der Waals surface area contributed by atoms with Gasteiger partial charge in [0.1, 0.15) is 12.6 Å². The third-order valence-corrected chi connectivity index (χ3v) is 9.11. The molecular weight excluding hydrogens is 581 g/mol. The number of carbonyl (C=O) groups is 2. The largest absolute Gasteiger partial charge is 0.355 e. The molecule has 0 saturated carbocycles. The summed E-state index contributed by atoms with van der Waals surface area (Å²) in [6.07, 6.45) is 0.306. The lowest BCUT2D eigenvalue weighted by Crippen LogP contribution is -2.52. The Morgan fingerprint density at radius 1 is 0.897 bits per heavy atom. The Morgan fingerprint density at radius 2 is 1.59 bits per heavy atom. The minimum Gasteiger partial charge on any atom is -0.355 e. The molecule has 0 saturated heterocycles. The smallest absolute Gasteiger partial charge is 0.264 e. The van der Waals surface area contributed by atoms with Gasteiger partial charge in [0.2, 0.25) is 11.8 Å². The number of halogens is 3. The first-order valence-electron chi connectivity index (χ1n) is 12.3. The van der Waals surface area contributed by atoms with Gasteiger partial charge in [0, 0.05) is 18.1 Å². The predicted molar refractivity (Wildman–Crippen MR) is 157 cm³/mol. The summed E-state index contributed by atoms with van der Waals surface area (Å²) in [6.45, 7) is 5.09. The van der Waals surface area contributed by atoms with E-state index >= 15 is 0 Å². The van der Waals surface area contributed by atoms with Crippen LogP contribution in [0.5, 0.6) is 0 Å². The van der Waals surface area contributed by atoms with E-state index in [-0.39, 0.29) is 23.0 Å². The molecule has 11 heteroatoms. The normalized spacial score (nSPS) is 12.1. The molecule has 0 aliphatic rings. The van der Waals surface area contributed by atoms with Crippen molar-refractivity contribution in [3.63, 3.8) is 0 Å². The van der Waals surface area contributed by atoms with E-state index in [1.54, 1.807) is 75.4 Å². The fourth-order valence-electron chi connectivity index (χ4n) is 4.15. The van der Waals surface area contributed by atoms with Crippen LogP contribution in [0, 0.1) is 6.92 Å². The van der Waals surface area contributed by atoms with E-state index in [2.05, 4.69) is 5.32 Å². The van der Waals surface area contributed by atoms with Crippen molar-refractivity contribution in [3.8, 4) is 0 Å². The zero-order chi connectivity index (χ0) is 28.7. The number of amides is 2. The summed E-state index contributed by atoms with van der Waals surface area (Å²) in [5.74, 6) is -0.914. The van der Waals surface area contributed by atoms with Crippen molar-refractivity contribution in [2.45, 2.75) is 44.7 Å². The average molecular weight is 611 g/mol. The van der Waals surface area contributed by atoms with Crippen LogP contribution in [0.1, 0.15) is 31.4 Å². The third kappa shape index (κ3) is 7.25. The van der Waals surface area contributed by atoms with E-state index in [9.17, 15) is 18.0 Å². The molecule has 0 bridgehead atoms. The molecule has 0 radical (unpaired) electrons. The summed E-state index contributed by atoms with van der Waals surface area (Å²) in [4.78, 5) is 28.4. The van der Waals surface area contributed by atoms with Crippen LogP contribution in [0.15, 0.2) is 71.6 Å². The minimum atomic E-state index is -4.18. The number of hydrogen-bond donors (Lipinski definition) is 1. The van der Waals surface area contributed by atoms with Crippen molar-refractivity contribution < 1.29 is 18.0 Å². The lowest BCUT2D eigenvalue weighted by Gasteiger charge is -2.33. The van der Waals surface area contributed by atoms with Crippen LogP contribution in [0.2, 0.25) is 15.1 Å². The average Bonchev–Trinajstić information content (AvgIpc) is 2.91. The van der Waals surface area contributed by atoms with Crippen molar-refractivity contribution in [3.05, 3.63) is 92.9 Å². The lowest BCUT2D eigenvalue weighted by atomic mass is 10.1. The molecule has 0 fully saturated rings. The summed E-state index contributed by atoms with van der Waals surface area (Å²) in [5, 5.41) is 3.78. The Labute approximate surface area is 244 Å². The van der Waals surface area contributed by atoms with E-state index in [1.165, 1.54) is 17.0 Å². The summed E-state index contributed by atoms with van der Waals surface area (Å²) in [5.41, 5.74) is 1.40. The quantitative estimate of drug-likeness (QED) is 0.285. The fraction of sp³-hybridized carbons (Fsp3) is 0.286. The van der Waals surface area contributed by atoms with Gasteiger partial charge in [-0.1, -0.05) is 72.1 Å². The molecule has 0 aliphatic carbocycles. The molecule has 2 amide bonds. The number of sulfonamides is 1. The number of nitrogens with one attached hydrogen (secondary N) is 1. The summed E-state index contributed by atoms with van der Waals surface area (Å²) in [7, 11) is -4.18. The van der Waals surface area contributed by atoms with Crippen molar-refractivity contribution >= 4 is 62.3 Å². The maximum atomic E-state index is 14.0. The van der Waals surface area contributed by atoms with Gasteiger partial charge in [-0.25, -0.2) is 8.42 Å². The Balaban J connectivity index is 2.10. The molecular formula is C28H30Cl3N3O4S. The van der Waals surface area contributed by atoms with E-state index in [4.69, 9.17) is 34.8 Å². The SMILES string of the molecule is CCNC(=O)[C@@H](CC)N(Cc1ccc(Cl)c(Cl)c1)C(=O)CN(c1cccc(Cl)c1C)S(=O)(=O)c1ccccc1. The van der Waals surface area contributed by atoms with Gasteiger partial charge in [-0.3, -0.25) is 13.9 Å². The molecule has 3 rings (SSSR count). The Hall–Kier alpha value is -2.78. The zero-order valence-corrected chi connectivity index (χ0v) is 24.9. The first-order valence-corrected chi connectivity index (χ1v) is 14.9. The molecule has 0 unspecified atom stereocenters. The lowest BCUT2D eigenvalue weighted by molar-refractivity contribution is -0.140. The molecule has 0 aromatic heterocycles. The number of rotatable bonds is 11. The molecule has 39 heavy (non-hydrogen) atoms. The number of carbonyl (C=O) groups excluding carboxylic acids is 2. The topological polar surface area (TPSA) is 86.8 Å². The molecule has 1 atom stereocenters. The standard InChI is InChI=1S/C28H30Cl3N3O4S/c1-4-25(28(36)32-5-2)33(17-20-14-15-23(30)24(31)16-20)27(35)18-34(26-13-9-12-22(29)19(26)3)39(37,38)21-10-7-6-8-11-21/h6-16,25H,4-5,17-18H2,1-3H3,(H,32,36)/t25-/m1/s1. The van der Waals surface area contributed by atoms with E-state index in [1.807, 2.05) is 0 Å². The first kappa shape index (κ1) is 30.8. The monoisotopic (exact) mass is 609 g/mol. The summed E-state index contributed by atoms with van der Waals surface area (Å²) >= 11 is 18.6. The Morgan fingerprint density at radius 3 is 2.21 bits per heavy atom. The maximum Gasteiger partial charge on any atom is 0.264 e. The fourth-order valence-corrected chi connectivity index (χ4v) is 6.13. The molecule has 0 spiro atoms. The van der Waals surface area contributed by atoms with Crippen molar-refractivity contribution in [1.82, 2.24) is 10.2 Å². The van der Waals surface area contributed by atoms with Crippen LogP contribution in [-0.2, 0) is 26.2 Å². The highest BCUT2D eigenvalue weighted by Crippen LogP contribution is 2.31. The van der Waals surface area contributed by atoms with Crippen molar-refractivity contribution in [1.29, 1.82) is 0 Å². The molecule has 208 valence electrons. The molecule has 3 aromatic carbocycles. The molecule has 7 nitrogen and oxygen atoms in total. The van der Waals surface area contributed by atoms with Crippen LogP contribution in [0.4, 0.5) is 5.69 Å². The van der Waals surface area contributed by atoms with Crippen LogP contribution >= 0.6 is 34.8 Å². The van der Waals surface area contributed by atoms with Crippen LogP contribution in [0.25, 0.3) is 0 Å².